The van der Waals surface area contributed by atoms with Crippen LogP contribution in [-0.4, -0.2) is 28.6 Å². The predicted molar refractivity (Wildman–Crippen MR) is 68.5 cm³/mol. The van der Waals surface area contributed by atoms with E-state index in [0.29, 0.717) is 11.9 Å². The maximum Gasteiger partial charge on any atom is 0.322 e. The molecule has 0 fully saturated rings. The lowest BCUT2D eigenvalue weighted by Gasteiger charge is -2.27. The third kappa shape index (κ3) is 4.34. The number of anilines is 1. The zero-order valence-corrected chi connectivity index (χ0v) is 11.7. The Morgan fingerprint density at radius 3 is 2.47 bits per heavy atom. The number of aromatic nitrogens is 3. The summed E-state index contributed by atoms with van der Waals surface area (Å²) >= 11 is 5.75. The number of nitrogens with one attached hydrogen (secondary N) is 1. The molecule has 0 bridgehead atoms. The molecule has 1 heterocycles. The van der Waals surface area contributed by atoms with Crippen molar-refractivity contribution in [3.63, 3.8) is 0 Å². The molecule has 0 aliphatic heterocycles. The Balaban J connectivity index is 2.66. The fraction of sp³-hybridized carbons (Fsp3) is 0.727. The summed E-state index contributed by atoms with van der Waals surface area (Å²) in [5.74, 6) is 0.919. The van der Waals surface area contributed by atoms with E-state index >= 15 is 0 Å². The zero-order chi connectivity index (χ0) is 13.1. The molecule has 0 aliphatic rings. The van der Waals surface area contributed by atoms with Crippen LogP contribution in [0.4, 0.5) is 5.95 Å². The molecule has 0 aromatic carbocycles. The predicted octanol–water partition coefficient (Wildman–Crippen LogP) is 2.63. The van der Waals surface area contributed by atoms with Gasteiger partial charge in [0.15, 0.2) is 0 Å². The van der Waals surface area contributed by atoms with Gasteiger partial charge in [-0.15, -0.1) is 0 Å². The summed E-state index contributed by atoms with van der Waals surface area (Å²) in [6, 6.07) is 0.218. The van der Waals surface area contributed by atoms with Gasteiger partial charge < -0.3 is 10.1 Å². The lowest BCUT2D eigenvalue weighted by atomic mass is 9.82. The van der Waals surface area contributed by atoms with E-state index in [4.69, 9.17) is 16.3 Å². The molecule has 17 heavy (non-hydrogen) atoms. The Bertz CT molecular complexity index is 378. The highest BCUT2D eigenvalue weighted by atomic mass is 35.5. The number of hydrogen-bond acceptors (Lipinski definition) is 5. The van der Waals surface area contributed by atoms with Crippen LogP contribution in [0.5, 0.6) is 6.01 Å². The van der Waals surface area contributed by atoms with Crippen LogP contribution in [0.15, 0.2) is 0 Å². The third-order valence-corrected chi connectivity index (χ3v) is 2.98. The van der Waals surface area contributed by atoms with Crippen molar-refractivity contribution in [2.45, 2.75) is 27.7 Å². The average molecular weight is 259 g/mol. The second-order valence-corrected chi connectivity index (χ2v) is 5.40. The summed E-state index contributed by atoms with van der Waals surface area (Å²) in [4.78, 5) is 11.9. The number of nitrogens with zero attached hydrogens (tertiary/aromatic N) is 3. The van der Waals surface area contributed by atoms with E-state index in [1.54, 1.807) is 0 Å². The van der Waals surface area contributed by atoms with Crippen molar-refractivity contribution in [3.05, 3.63) is 5.28 Å². The minimum Gasteiger partial charge on any atom is -0.467 e. The van der Waals surface area contributed by atoms with E-state index in [1.165, 1.54) is 7.11 Å². The summed E-state index contributed by atoms with van der Waals surface area (Å²) in [6.07, 6.45) is 0. The molecule has 6 heteroatoms. The molecule has 0 radical (unpaired) electrons. The van der Waals surface area contributed by atoms with Crippen molar-refractivity contribution in [2.24, 2.45) is 11.3 Å². The first kappa shape index (κ1) is 14.0. The van der Waals surface area contributed by atoms with E-state index in [-0.39, 0.29) is 16.7 Å². The molecule has 1 atom stereocenters. The van der Waals surface area contributed by atoms with Gasteiger partial charge in [-0.25, -0.2) is 0 Å². The average Bonchev–Trinajstić information content (AvgIpc) is 2.23. The van der Waals surface area contributed by atoms with Crippen molar-refractivity contribution in [1.82, 2.24) is 15.0 Å². The van der Waals surface area contributed by atoms with Crippen LogP contribution in [0.3, 0.4) is 0 Å². The van der Waals surface area contributed by atoms with E-state index < -0.39 is 0 Å². The Morgan fingerprint density at radius 1 is 1.29 bits per heavy atom. The van der Waals surface area contributed by atoms with Gasteiger partial charge in [-0.1, -0.05) is 27.7 Å². The van der Waals surface area contributed by atoms with E-state index in [9.17, 15) is 0 Å². The van der Waals surface area contributed by atoms with E-state index in [0.717, 1.165) is 6.54 Å². The molecule has 1 rings (SSSR count). The van der Waals surface area contributed by atoms with Gasteiger partial charge in [0.25, 0.3) is 0 Å². The van der Waals surface area contributed by atoms with Gasteiger partial charge in [-0.05, 0) is 22.9 Å². The van der Waals surface area contributed by atoms with Crippen molar-refractivity contribution < 1.29 is 4.74 Å². The van der Waals surface area contributed by atoms with Gasteiger partial charge in [0.2, 0.25) is 11.2 Å². The fourth-order valence-corrected chi connectivity index (χ4v) is 1.21. The molecule has 96 valence electrons. The van der Waals surface area contributed by atoms with Crippen LogP contribution in [0.2, 0.25) is 5.28 Å². The standard InChI is InChI=1S/C11H19ClN4O/c1-7(11(2,3)4)6-13-9-14-8(12)15-10(16-9)17-5/h7H,6H2,1-5H3,(H,13,14,15,16). The van der Waals surface area contributed by atoms with Crippen molar-refractivity contribution in [3.8, 4) is 6.01 Å². The van der Waals surface area contributed by atoms with Crippen LogP contribution < -0.4 is 10.1 Å². The van der Waals surface area contributed by atoms with Gasteiger partial charge in [0.05, 0.1) is 7.11 Å². The van der Waals surface area contributed by atoms with Gasteiger partial charge >= 0.3 is 6.01 Å². The molecule has 0 aliphatic carbocycles. The largest absolute Gasteiger partial charge is 0.467 e. The topological polar surface area (TPSA) is 59.9 Å². The Kier molecular flexibility index (Phi) is 4.51. The summed E-state index contributed by atoms with van der Waals surface area (Å²) in [5, 5.41) is 3.27. The first-order valence-electron chi connectivity index (χ1n) is 5.52. The maximum absolute atomic E-state index is 5.75. The minimum atomic E-state index is 0.128. The zero-order valence-electron chi connectivity index (χ0n) is 10.9. The normalized spacial score (nSPS) is 13.3. The number of methoxy groups -OCH3 is 1. The fourth-order valence-electron chi connectivity index (χ4n) is 1.05. The second-order valence-electron chi connectivity index (χ2n) is 5.06. The molecular formula is C11H19ClN4O. The third-order valence-electron chi connectivity index (χ3n) is 2.81. The van der Waals surface area contributed by atoms with Crippen LogP contribution in [0.1, 0.15) is 27.7 Å². The van der Waals surface area contributed by atoms with Gasteiger partial charge in [-0.2, -0.15) is 15.0 Å². The molecule has 0 saturated carbocycles. The molecule has 1 aromatic heterocycles. The number of rotatable bonds is 4. The Morgan fingerprint density at radius 2 is 1.94 bits per heavy atom. The molecule has 1 unspecified atom stereocenters. The first-order chi connectivity index (χ1) is 7.82. The molecule has 1 aromatic rings. The van der Waals surface area contributed by atoms with Crippen LogP contribution in [0, 0.1) is 11.3 Å². The van der Waals surface area contributed by atoms with Crippen molar-refractivity contribution in [1.29, 1.82) is 0 Å². The van der Waals surface area contributed by atoms with E-state index in [2.05, 4.69) is 48.0 Å². The molecule has 0 amide bonds. The van der Waals surface area contributed by atoms with Crippen LogP contribution in [-0.2, 0) is 0 Å². The van der Waals surface area contributed by atoms with Gasteiger partial charge in [0, 0.05) is 6.54 Å². The summed E-state index contributed by atoms with van der Waals surface area (Å²) in [7, 11) is 1.49. The maximum atomic E-state index is 5.75. The van der Waals surface area contributed by atoms with Gasteiger partial charge in [-0.3, -0.25) is 0 Å². The molecular weight excluding hydrogens is 240 g/mol. The minimum absolute atomic E-state index is 0.128. The number of hydrogen-bond donors (Lipinski definition) is 1. The molecule has 0 spiro atoms. The highest BCUT2D eigenvalue weighted by Crippen LogP contribution is 2.25. The monoisotopic (exact) mass is 258 g/mol. The first-order valence-corrected chi connectivity index (χ1v) is 5.90. The molecule has 5 nitrogen and oxygen atoms in total. The number of ether oxygens (including phenoxy) is 1. The highest BCUT2D eigenvalue weighted by molar-refractivity contribution is 6.28. The lowest BCUT2D eigenvalue weighted by molar-refractivity contribution is 0.274. The van der Waals surface area contributed by atoms with Crippen molar-refractivity contribution >= 4 is 17.5 Å². The van der Waals surface area contributed by atoms with Gasteiger partial charge in [0.1, 0.15) is 0 Å². The van der Waals surface area contributed by atoms with Crippen LogP contribution >= 0.6 is 11.6 Å². The smallest absolute Gasteiger partial charge is 0.322 e. The lowest BCUT2D eigenvalue weighted by Crippen LogP contribution is -2.25. The van der Waals surface area contributed by atoms with Crippen molar-refractivity contribution in [2.75, 3.05) is 19.0 Å². The summed E-state index contributed by atoms with van der Waals surface area (Å²) < 4.78 is 4.92. The van der Waals surface area contributed by atoms with E-state index in [1.807, 2.05) is 0 Å². The Labute approximate surface area is 107 Å². The summed E-state index contributed by atoms with van der Waals surface area (Å²) in [5.41, 5.74) is 0.230. The summed E-state index contributed by atoms with van der Waals surface area (Å²) in [6.45, 7) is 9.53. The molecule has 1 N–H and O–H groups in total. The van der Waals surface area contributed by atoms with Crippen LogP contribution in [0.25, 0.3) is 0 Å². The second kappa shape index (κ2) is 5.49. The molecule has 0 saturated heterocycles. The Hall–Kier alpha value is -1.10. The quantitative estimate of drug-likeness (QED) is 0.900. The SMILES string of the molecule is COc1nc(Cl)nc(NCC(C)C(C)(C)C)n1. The number of halogens is 1. The highest BCUT2D eigenvalue weighted by Gasteiger charge is 2.20.